The van der Waals surface area contributed by atoms with E-state index in [0.29, 0.717) is 11.5 Å². The van der Waals surface area contributed by atoms with Gasteiger partial charge in [0, 0.05) is 12.1 Å². The van der Waals surface area contributed by atoms with E-state index in [1.165, 1.54) is 50.7 Å². The van der Waals surface area contributed by atoms with Gasteiger partial charge in [-0.15, -0.1) is 0 Å². The van der Waals surface area contributed by atoms with Crippen LogP contribution < -0.4 is 11.1 Å². The molecule has 4 saturated carbocycles. The van der Waals surface area contributed by atoms with Gasteiger partial charge in [0.15, 0.2) is 0 Å². The van der Waals surface area contributed by atoms with Crippen LogP contribution in [0.2, 0.25) is 0 Å². The topological polar surface area (TPSA) is 38.0 Å². The Morgan fingerprint density at radius 3 is 2.17 bits per heavy atom. The van der Waals surface area contributed by atoms with Crippen LogP contribution in [0.4, 0.5) is 4.39 Å². The zero-order valence-corrected chi connectivity index (χ0v) is 14.8. The molecule has 0 spiro atoms. The van der Waals surface area contributed by atoms with Crippen molar-refractivity contribution in [2.75, 3.05) is 6.54 Å². The molecule has 1 aromatic carbocycles. The summed E-state index contributed by atoms with van der Waals surface area (Å²) in [4.78, 5) is 0. The first kappa shape index (κ1) is 16.5. The van der Waals surface area contributed by atoms with Crippen molar-refractivity contribution in [1.29, 1.82) is 0 Å². The molecule has 3 N–H and O–H groups in total. The van der Waals surface area contributed by atoms with Crippen LogP contribution in [0.15, 0.2) is 24.3 Å². The first-order valence-electron chi connectivity index (χ1n) is 9.78. The van der Waals surface area contributed by atoms with Crippen molar-refractivity contribution >= 4 is 0 Å². The first-order chi connectivity index (χ1) is 11.5. The second-order valence-corrected chi connectivity index (χ2v) is 8.90. The minimum Gasteiger partial charge on any atom is -0.324 e. The Hall–Kier alpha value is -0.930. The van der Waals surface area contributed by atoms with Gasteiger partial charge in [0.1, 0.15) is 5.82 Å². The second kappa shape index (κ2) is 6.42. The van der Waals surface area contributed by atoms with Gasteiger partial charge in [-0.25, -0.2) is 4.39 Å². The van der Waals surface area contributed by atoms with Gasteiger partial charge in [-0.05, 0) is 99.3 Å². The number of halogens is 1. The SMILES string of the molecule is CC(NCCC(N)c1ccc(F)cc1)C12CC3CC(CC(C3)C1)C2. The quantitative estimate of drug-likeness (QED) is 0.811. The van der Waals surface area contributed by atoms with Crippen molar-refractivity contribution in [3.63, 3.8) is 0 Å². The lowest BCUT2D eigenvalue weighted by atomic mass is 9.48. The molecule has 4 aliphatic carbocycles. The van der Waals surface area contributed by atoms with E-state index in [-0.39, 0.29) is 11.9 Å². The van der Waals surface area contributed by atoms with Crippen LogP contribution in [0.25, 0.3) is 0 Å². The Morgan fingerprint density at radius 1 is 1.08 bits per heavy atom. The van der Waals surface area contributed by atoms with Gasteiger partial charge >= 0.3 is 0 Å². The Bertz CT molecular complexity index is 532. The van der Waals surface area contributed by atoms with Gasteiger partial charge in [0.25, 0.3) is 0 Å². The van der Waals surface area contributed by atoms with Crippen molar-refractivity contribution in [2.45, 2.75) is 64.0 Å². The summed E-state index contributed by atoms with van der Waals surface area (Å²) >= 11 is 0. The summed E-state index contributed by atoms with van der Waals surface area (Å²) in [6.45, 7) is 3.35. The molecule has 0 aliphatic heterocycles. The fraction of sp³-hybridized carbons (Fsp3) is 0.714. The summed E-state index contributed by atoms with van der Waals surface area (Å²) in [5.41, 5.74) is 7.85. The van der Waals surface area contributed by atoms with Crippen LogP contribution in [-0.4, -0.2) is 12.6 Å². The molecule has 0 radical (unpaired) electrons. The maximum Gasteiger partial charge on any atom is 0.123 e. The lowest BCUT2D eigenvalue weighted by Gasteiger charge is -2.59. The molecule has 5 rings (SSSR count). The van der Waals surface area contributed by atoms with Crippen LogP contribution >= 0.6 is 0 Å². The zero-order chi connectivity index (χ0) is 16.7. The molecule has 2 atom stereocenters. The van der Waals surface area contributed by atoms with E-state index in [0.717, 1.165) is 36.3 Å². The van der Waals surface area contributed by atoms with Gasteiger partial charge in [-0.1, -0.05) is 12.1 Å². The van der Waals surface area contributed by atoms with Gasteiger partial charge in [0.2, 0.25) is 0 Å². The predicted molar refractivity (Wildman–Crippen MR) is 96.0 cm³/mol. The third-order valence-electron chi connectivity index (χ3n) is 7.21. The summed E-state index contributed by atoms with van der Waals surface area (Å²) in [5, 5.41) is 3.80. The second-order valence-electron chi connectivity index (χ2n) is 8.90. The van der Waals surface area contributed by atoms with Crippen molar-refractivity contribution in [3.05, 3.63) is 35.6 Å². The van der Waals surface area contributed by atoms with Crippen molar-refractivity contribution in [3.8, 4) is 0 Å². The van der Waals surface area contributed by atoms with E-state index >= 15 is 0 Å². The van der Waals surface area contributed by atoms with E-state index in [2.05, 4.69) is 12.2 Å². The highest BCUT2D eigenvalue weighted by atomic mass is 19.1. The monoisotopic (exact) mass is 330 g/mol. The Morgan fingerprint density at radius 2 is 1.62 bits per heavy atom. The zero-order valence-electron chi connectivity index (χ0n) is 14.8. The number of rotatable bonds is 6. The summed E-state index contributed by atoms with van der Waals surface area (Å²) in [6, 6.07) is 7.19. The molecule has 24 heavy (non-hydrogen) atoms. The smallest absolute Gasteiger partial charge is 0.123 e. The molecule has 3 heteroatoms. The fourth-order valence-electron chi connectivity index (χ4n) is 6.26. The molecule has 0 saturated heterocycles. The maximum atomic E-state index is 13.0. The minimum atomic E-state index is -0.195. The standard InChI is InChI=1S/C21H31FN2/c1-14(21-11-15-8-16(12-21)10-17(9-15)13-21)24-7-6-20(23)18-2-4-19(22)5-3-18/h2-5,14-17,20,24H,6-13,23H2,1H3. The first-order valence-corrected chi connectivity index (χ1v) is 9.78. The molecule has 4 fully saturated rings. The average Bonchev–Trinajstić information content (AvgIpc) is 2.54. The molecule has 0 heterocycles. The molecule has 4 aliphatic rings. The van der Waals surface area contributed by atoms with E-state index in [4.69, 9.17) is 5.73 Å². The number of hydrogen-bond donors (Lipinski definition) is 2. The molecule has 1 aromatic rings. The van der Waals surface area contributed by atoms with Gasteiger partial charge in [-0.3, -0.25) is 0 Å². The fourth-order valence-corrected chi connectivity index (χ4v) is 6.26. The van der Waals surface area contributed by atoms with Crippen LogP contribution in [0.5, 0.6) is 0 Å². The van der Waals surface area contributed by atoms with Crippen molar-refractivity contribution in [2.24, 2.45) is 28.9 Å². The Balaban J connectivity index is 1.30. The third-order valence-corrected chi connectivity index (χ3v) is 7.21. The highest BCUT2D eigenvalue weighted by molar-refractivity contribution is 5.19. The average molecular weight is 330 g/mol. The number of benzene rings is 1. The highest BCUT2D eigenvalue weighted by Gasteiger charge is 2.52. The summed E-state index contributed by atoms with van der Waals surface area (Å²) < 4.78 is 13.0. The van der Waals surface area contributed by atoms with Gasteiger partial charge < -0.3 is 11.1 Å². The summed E-state index contributed by atoms with van der Waals surface area (Å²) in [5.74, 6) is 2.81. The van der Waals surface area contributed by atoms with Crippen LogP contribution in [0, 0.1) is 29.0 Å². The number of nitrogens with two attached hydrogens (primary N) is 1. The van der Waals surface area contributed by atoms with Crippen molar-refractivity contribution in [1.82, 2.24) is 5.32 Å². The Labute approximate surface area is 145 Å². The minimum absolute atomic E-state index is 0.0123. The maximum absolute atomic E-state index is 13.0. The van der Waals surface area contributed by atoms with Crippen molar-refractivity contribution < 1.29 is 4.39 Å². The molecular weight excluding hydrogens is 299 g/mol. The highest BCUT2D eigenvalue weighted by Crippen LogP contribution is 2.61. The molecule has 132 valence electrons. The predicted octanol–water partition coefficient (Wildman–Crippen LogP) is 4.41. The number of nitrogens with one attached hydrogen (secondary N) is 1. The summed E-state index contributed by atoms with van der Waals surface area (Å²) in [7, 11) is 0. The van der Waals surface area contributed by atoms with E-state index in [1.807, 2.05) is 12.1 Å². The molecule has 4 bridgehead atoms. The third kappa shape index (κ3) is 3.13. The lowest BCUT2D eigenvalue weighted by molar-refractivity contribution is -0.0703. The van der Waals surface area contributed by atoms with E-state index in [9.17, 15) is 4.39 Å². The van der Waals surface area contributed by atoms with Gasteiger partial charge in [-0.2, -0.15) is 0 Å². The largest absolute Gasteiger partial charge is 0.324 e. The molecule has 2 unspecified atom stereocenters. The molecule has 0 amide bonds. The molecule has 2 nitrogen and oxygen atoms in total. The normalized spacial score (nSPS) is 36.7. The van der Waals surface area contributed by atoms with Crippen LogP contribution in [0.3, 0.4) is 0 Å². The molecule has 0 aromatic heterocycles. The van der Waals surface area contributed by atoms with E-state index in [1.54, 1.807) is 0 Å². The van der Waals surface area contributed by atoms with E-state index < -0.39 is 0 Å². The van der Waals surface area contributed by atoms with Crippen LogP contribution in [0.1, 0.15) is 63.5 Å². The summed E-state index contributed by atoms with van der Waals surface area (Å²) in [6.07, 6.45) is 9.73. The molecular formula is C21H31FN2. The van der Waals surface area contributed by atoms with Crippen LogP contribution in [-0.2, 0) is 0 Å². The van der Waals surface area contributed by atoms with Gasteiger partial charge in [0.05, 0.1) is 0 Å². The Kier molecular flexibility index (Phi) is 4.42. The number of hydrogen-bond acceptors (Lipinski definition) is 2. The lowest BCUT2D eigenvalue weighted by Crippen LogP contribution is -2.55.